The van der Waals surface area contributed by atoms with Crippen molar-refractivity contribution in [2.45, 2.75) is 31.2 Å². The van der Waals surface area contributed by atoms with Crippen LogP contribution in [0.4, 0.5) is 10.5 Å². The zero-order valence-electron chi connectivity index (χ0n) is 16.9. The molecule has 0 heterocycles. The van der Waals surface area contributed by atoms with Crippen LogP contribution in [-0.2, 0) is 10.3 Å². The molecular weight excluding hydrogens is 372 g/mol. The largest absolute Gasteiger partial charge is 0.493 e. The van der Waals surface area contributed by atoms with Crippen molar-refractivity contribution in [2.24, 2.45) is 0 Å². The van der Waals surface area contributed by atoms with Crippen molar-refractivity contribution in [1.82, 2.24) is 5.32 Å². The summed E-state index contributed by atoms with van der Waals surface area (Å²) in [5.74, 6) is 0.808. The van der Waals surface area contributed by atoms with E-state index in [-0.39, 0.29) is 5.91 Å². The van der Waals surface area contributed by atoms with Gasteiger partial charge in [0.25, 0.3) is 5.91 Å². The van der Waals surface area contributed by atoms with Crippen LogP contribution in [0, 0.1) is 0 Å². The average Bonchev–Trinajstić information content (AvgIpc) is 3.23. The maximum absolute atomic E-state index is 12.6. The topological polar surface area (TPSA) is 85.9 Å². The minimum atomic E-state index is -0.433. The predicted octanol–water partition coefficient (Wildman–Crippen LogP) is 4.08. The third kappa shape index (κ3) is 4.45. The van der Waals surface area contributed by atoms with Crippen LogP contribution in [0.5, 0.6) is 11.5 Å². The second-order valence-electron chi connectivity index (χ2n) is 7.01. The van der Waals surface area contributed by atoms with Gasteiger partial charge in [-0.25, -0.2) is 4.79 Å². The monoisotopic (exact) mass is 398 g/mol. The molecule has 2 aromatic carbocycles. The number of carbonyl (C=O) groups is 2. The summed E-state index contributed by atoms with van der Waals surface area (Å²) in [6.45, 7) is 0. The van der Waals surface area contributed by atoms with Gasteiger partial charge in [-0.05, 0) is 48.7 Å². The molecule has 0 radical (unpaired) electrons. The van der Waals surface area contributed by atoms with Crippen molar-refractivity contribution in [1.29, 1.82) is 0 Å². The van der Waals surface area contributed by atoms with Crippen LogP contribution < -0.4 is 20.1 Å². The number of hydrogen-bond acceptors (Lipinski definition) is 5. The van der Waals surface area contributed by atoms with Crippen LogP contribution in [0.2, 0.25) is 0 Å². The third-order valence-corrected chi connectivity index (χ3v) is 5.32. The van der Waals surface area contributed by atoms with Gasteiger partial charge in [-0.15, -0.1) is 0 Å². The molecule has 0 unspecified atom stereocenters. The number of anilines is 1. The normalized spacial score (nSPS) is 14.7. The van der Waals surface area contributed by atoms with Gasteiger partial charge in [-0.1, -0.05) is 25.0 Å². The molecule has 1 aliphatic rings. The number of methoxy groups -OCH3 is 3. The molecule has 1 aliphatic carbocycles. The molecule has 0 saturated heterocycles. The van der Waals surface area contributed by atoms with Crippen molar-refractivity contribution in [3.63, 3.8) is 0 Å². The van der Waals surface area contributed by atoms with Crippen LogP contribution in [-0.4, -0.2) is 33.3 Å². The number of nitrogens with one attached hydrogen (secondary N) is 2. The van der Waals surface area contributed by atoms with E-state index in [1.54, 1.807) is 25.3 Å². The maximum atomic E-state index is 12.6. The smallest absolute Gasteiger partial charge is 0.407 e. The number of rotatable bonds is 6. The highest BCUT2D eigenvalue weighted by Crippen LogP contribution is 2.39. The summed E-state index contributed by atoms with van der Waals surface area (Å²) in [6.07, 6.45) is 3.38. The molecule has 0 aromatic heterocycles. The number of hydrogen-bond donors (Lipinski definition) is 2. The lowest BCUT2D eigenvalue weighted by Crippen LogP contribution is -2.43. The van der Waals surface area contributed by atoms with Crippen LogP contribution >= 0.6 is 0 Å². The van der Waals surface area contributed by atoms with E-state index in [9.17, 15) is 9.59 Å². The molecule has 1 fully saturated rings. The van der Waals surface area contributed by atoms with E-state index in [0.717, 1.165) is 31.2 Å². The first-order valence-electron chi connectivity index (χ1n) is 9.51. The van der Waals surface area contributed by atoms with Crippen molar-refractivity contribution in [2.75, 3.05) is 26.6 Å². The highest BCUT2D eigenvalue weighted by Gasteiger charge is 2.37. The van der Waals surface area contributed by atoms with Gasteiger partial charge in [0.05, 0.1) is 26.9 Å². The van der Waals surface area contributed by atoms with Gasteiger partial charge in [-0.3, -0.25) is 4.79 Å². The average molecular weight is 398 g/mol. The summed E-state index contributed by atoms with van der Waals surface area (Å²) in [5.41, 5.74) is 1.72. The van der Waals surface area contributed by atoms with E-state index in [1.807, 2.05) is 24.3 Å². The Morgan fingerprint density at radius 2 is 1.55 bits per heavy atom. The highest BCUT2D eigenvalue weighted by atomic mass is 16.5. The summed E-state index contributed by atoms with van der Waals surface area (Å²) in [6, 6.07) is 12.6. The minimum absolute atomic E-state index is 0.248. The maximum Gasteiger partial charge on any atom is 0.407 e. The lowest BCUT2D eigenvalue weighted by atomic mass is 9.88. The van der Waals surface area contributed by atoms with Crippen LogP contribution in [0.15, 0.2) is 42.5 Å². The first-order chi connectivity index (χ1) is 14.0. The predicted molar refractivity (Wildman–Crippen MR) is 110 cm³/mol. The summed E-state index contributed by atoms with van der Waals surface area (Å²) < 4.78 is 15.2. The number of alkyl carbamates (subject to hydrolysis) is 1. The second-order valence-corrected chi connectivity index (χ2v) is 7.01. The minimum Gasteiger partial charge on any atom is -0.493 e. The van der Waals surface area contributed by atoms with Gasteiger partial charge in [0.15, 0.2) is 11.5 Å². The van der Waals surface area contributed by atoms with Gasteiger partial charge in [0, 0.05) is 11.3 Å². The van der Waals surface area contributed by atoms with E-state index in [2.05, 4.69) is 10.6 Å². The Kier molecular flexibility index (Phi) is 6.26. The van der Waals surface area contributed by atoms with Gasteiger partial charge < -0.3 is 24.8 Å². The quantitative estimate of drug-likeness (QED) is 0.766. The molecule has 0 spiro atoms. The van der Waals surface area contributed by atoms with Crippen LogP contribution in [0.25, 0.3) is 0 Å². The summed E-state index contributed by atoms with van der Waals surface area (Å²) in [5, 5.41) is 5.88. The molecule has 0 bridgehead atoms. The molecule has 7 heteroatoms. The van der Waals surface area contributed by atoms with E-state index in [0.29, 0.717) is 22.7 Å². The summed E-state index contributed by atoms with van der Waals surface area (Å²) in [7, 11) is 4.44. The summed E-state index contributed by atoms with van der Waals surface area (Å²) in [4.78, 5) is 24.4. The van der Waals surface area contributed by atoms with E-state index >= 15 is 0 Å². The molecule has 29 heavy (non-hydrogen) atoms. The standard InChI is InChI=1S/C22H26N2O5/c1-27-18-11-6-15(14-19(18)28-2)20(25)23-17-9-7-16(8-10-17)22(12-4-5-13-22)24-21(26)29-3/h6-11,14H,4-5,12-13H2,1-3H3,(H,23,25)(H,24,26). The second kappa shape index (κ2) is 8.86. The van der Waals surface area contributed by atoms with E-state index < -0.39 is 11.6 Å². The van der Waals surface area contributed by atoms with Crippen LogP contribution in [0.1, 0.15) is 41.6 Å². The molecule has 3 rings (SSSR count). The number of ether oxygens (including phenoxy) is 3. The van der Waals surface area contributed by atoms with Crippen LogP contribution in [0.3, 0.4) is 0 Å². The fourth-order valence-electron chi connectivity index (χ4n) is 3.76. The lowest BCUT2D eigenvalue weighted by molar-refractivity contribution is 0.102. The molecule has 2 N–H and O–H groups in total. The zero-order chi connectivity index (χ0) is 20.9. The molecule has 154 valence electrons. The Morgan fingerprint density at radius 3 is 2.14 bits per heavy atom. The SMILES string of the molecule is COC(=O)NC1(c2ccc(NC(=O)c3ccc(OC)c(OC)c3)cc2)CCCC1. The van der Waals surface area contributed by atoms with Crippen molar-refractivity contribution >= 4 is 17.7 Å². The van der Waals surface area contributed by atoms with Crippen molar-refractivity contribution in [3.8, 4) is 11.5 Å². The number of benzene rings is 2. The Bertz CT molecular complexity index is 873. The number of carbonyl (C=O) groups excluding carboxylic acids is 2. The fraction of sp³-hybridized carbons (Fsp3) is 0.364. The molecule has 2 aromatic rings. The van der Waals surface area contributed by atoms with Gasteiger partial charge in [-0.2, -0.15) is 0 Å². The zero-order valence-corrected chi connectivity index (χ0v) is 16.9. The van der Waals surface area contributed by atoms with Gasteiger partial charge in [0.1, 0.15) is 0 Å². The van der Waals surface area contributed by atoms with Gasteiger partial charge >= 0.3 is 6.09 Å². The number of amides is 2. The molecular formula is C22H26N2O5. The van der Waals surface area contributed by atoms with Crippen molar-refractivity contribution in [3.05, 3.63) is 53.6 Å². The van der Waals surface area contributed by atoms with Gasteiger partial charge in [0.2, 0.25) is 0 Å². The molecule has 0 aliphatic heterocycles. The Morgan fingerprint density at radius 1 is 0.897 bits per heavy atom. The molecule has 0 atom stereocenters. The summed E-state index contributed by atoms with van der Waals surface area (Å²) >= 11 is 0. The first kappa shape index (κ1) is 20.5. The molecule has 7 nitrogen and oxygen atoms in total. The highest BCUT2D eigenvalue weighted by molar-refractivity contribution is 6.04. The Hall–Kier alpha value is -3.22. The Labute approximate surface area is 170 Å². The lowest BCUT2D eigenvalue weighted by Gasteiger charge is -2.30. The third-order valence-electron chi connectivity index (χ3n) is 5.32. The fourth-order valence-corrected chi connectivity index (χ4v) is 3.76. The van der Waals surface area contributed by atoms with E-state index in [4.69, 9.17) is 14.2 Å². The Balaban J connectivity index is 1.75. The first-order valence-corrected chi connectivity index (χ1v) is 9.51. The molecule has 1 saturated carbocycles. The van der Waals surface area contributed by atoms with Crippen molar-refractivity contribution < 1.29 is 23.8 Å². The van der Waals surface area contributed by atoms with E-state index in [1.165, 1.54) is 14.2 Å². The molecule has 2 amide bonds.